The van der Waals surface area contributed by atoms with Crippen molar-refractivity contribution < 1.29 is 0 Å². The quantitative estimate of drug-likeness (QED) is 0.500. The molecule has 0 amide bonds. The van der Waals surface area contributed by atoms with Gasteiger partial charge in [-0.2, -0.15) is 5.10 Å². The van der Waals surface area contributed by atoms with Gasteiger partial charge in [-0.15, -0.1) is 0 Å². The van der Waals surface area contributed by atoms with E-state index in [-0.39, 0.29) is 5.56 Å². The largest absolute Gasteiger partial charge is 0.338 e. The maximum absolute atomic E-state index is 12.7. The number of fused-ring (bicyclic) bond motifs is 1. The van der Waals surface area contributed by atoms with E-state index in [0.717, 1.165) is 23.3 Å². The Morgan fingerprint density at radius 3 is 2.94 bits per heavy atom. The lowest BCUT2D eigenvalue weighted by Crippen LogP contribution is -2.13. The number of benzene rings is 1. The van der Waals surface area contributed by atoms with Gasteiger partial charge in [0.05, 0.1) is 17.9 Å². The fraction of sp³-hybridized carbons (Fsp3) is 0.375. The molecule has 1 aromatic carbocycles. The van der Waals surface area contributed by atoms with Crippen molar-refractivity contribution in [2.24, 2.45) is 5.41 Å². The summed E-state index contributed by atoms with van der Waals surface area (Å²) in [4.78, 5) is 19.7. The first-order valence-corrected chi connectivity index (χ1v) is 11.1. The van der Waals surface area contributed by atoms with E-state index in [9.17, 15) is 4.79 Å². The van der Waals surface area contributed by atoms with Gasteiger partial charge in [0.2, 0.25) is 0 Å². The third-order valence-electron chi connectivity index (χ3n) is 7.04. The molecule has 1 spiro atoms. The first-order valence-electron chi connectivity index (χ1n) is 11.1. The molecular formula is C24H26N6O. The molecule has 158 valence electrons. The Balaban J connectivity index is 1.34. The van der Waals surface area contributed by atoms with E-state index in [2.05, 4.69) is 32.1 Å². The van der Waals surface area contributed by atoms with E-state index < -0.39 is 0 Å². The van der Waals surface area contributed by atoms with Gasteiger partial charge >= 0.3 is 0 Å². The molecule has 2 N–H and O–H groups in total. The number of H-pyrrole nitrogens is 1. The highest BCUT2D eigenvalue weighted by Gasteiger charge is 2.56. The summed E-state index contributed by atoms with van der Waals surface area (Å²) in [6, 6.07) is 10.6. The highest BCUT2D eigenvalue weighted by atomic mass is 16.1. The maximum Gasteiger partial charge on any atom is 0.261 e. The second kappa shape index (κ2) is 7.11. The van der Waals surface area contributed by atoms with Gasteiger partial charge in [0.25, 0.3) is 5.56 Å². The summed E-state index contributed by atoms with van der Waals surface area (Å²) in [5, 5.41) is 9.00. The van der Waals surface area contributed by atoms with Gasteiger partial charge in [-0.25, -0.2) is 4.98 Å². The van der Waals surface area contributed by atoms with Crippen LogP contribution >= 0.6 is 0 Å². The van der Waals surface area contributed by atoms with E-state index in [0.29, 0.717) is 22.7 Å². The van der Waals surface area contributed by atoms with Crippen LogP contribution < -0.4 is 10.9 Å². The first-order chi connectivity index (χ1) is 15.2. The summed E-state index contributed by atoms with van der Waals surface area (Å²) < 4.78 is 4.15. The predicted molar refractivity (Wildman–Crippen MR) is 121 cm³/mol. The highest BCUT2D eigenvalue weighted by molar-refractivity contribution is 5.91. The van der Waals surface area contributed by atoms with Crippen molar-refractivity contribution in [2.45, 2.75) is 51.1 Å². The minimum absolute atomic E-state index is 0.0980. The van der Waals surface area contributed by atoms with Gasteiger partial charge in [-0.3, -0.25) is 9.48 Å². The second-order valence-electron chi connectivity index (χ2n) is 9.06. The van der Waals surface area contributed by atoms with Gasteiger partial charge in [-0.1, -0.05) is 31.4 Å². The third-order valence-corrected chi connectivity index (χ3v) is 7.04. The summed E-state index contributed by atoms with van der Waals surface area (Å²) in [6.07, 6.45) is 15.0. The van der Waals surface area contributed by atoms with Crippen LogP contribution in [0.25, 0.3) is 10.9 Å². The van der Waals surface area contributed by atoms with Gasteiger partial charge in [0, 0.05) is 30.8 Å². The zero-order valence-electron chi connectivity index (χ0n) is 17.4. The molecule has 7 heteroatoms. The molecule has 1 atom stereocenters. The topological polar surface area (TPSA) is 80.5 Å². The monoisotopic (exact) mass is 414 g/mol. The summed E-state index contributed by atoms with van der Waals surface area (Å²) in [7, 11) is 0. The molecule has 2 aliphatic carbocycles. The van der Waals surface area contributed by atoms with E-state index in [1.54, 1.807) is 12.4 Å². The normalized spacial score (nSPS) is 19.7. The van der Waals surface area contributed by atoms with Crippen LogP contribution in [0.3, 0.4) is 0 Å². The Morgan fingerprint density at radius 1 is 1.19 bits per heavy atom. The SMILES string of the molecule is O=c1[nH]ccc2c1c(Nc1cccc(Cn3ccnc3)c1)nn2C1CC12CCCCC2. The molecule has 2 fully saturated rings. The van der Waals surface area contributed by atoms with Crippen LogP contribution in [0.15, 0.2) is 60.0 Å². The molecule has 2 aliphatic rings. The predicted octanol–water partition coefficient (Wildman–Crippen LogP) is 4.61. The molecule has 3 heterocycles. The highest BCUT2D eigenvalue weighted by Crippen LogP contribution is 2.64. The summed E-state index contributed by atoms with van der Waals surface area (Å²) in [6.45, 7) is 0.746. The lowest BCUT2D eigenvalue weighted by molar-refractivity contribution is 0.303. The Hall–Kier alpha value is -3.35. The smallest absolute Gasteiger partial charge is 0.261 e. The Kier molecular flexibility index (Phi) is 4.23. The van der Waals surface area contributed by atoms with Crippen LogP contribution in [0.5, 0.6) is 0 Å². The summed E-state index contributed by atoms with van der Waals surface area (Å²) in [5.41, 5.74) is 3.30. The van der Waals surface area contributed by atoms with Crippen LogP contribution in [0.4, 0.5) is 11.5 Å². The van der Waals surface area contributed by atoms with Crippen LogP contribution in [0, 0.1) is 5.41 Å². The van der Waals surface area contributed by atoms with Crippen molar-refractivity contribution >= 4 is 22.4 Å². The van der Waals surface area contributed by atoms with Gasteiger partial charge < -0.3 is 14.9 Å². The van der Waals surface area contributed by atoms with Crippen molar-refractivity contribution in [3.63, 3.8) is 0 Å². The minimum Gasteiger partial charge on any atom is -0.338 e. The molecule has 0 bridgehead atoms. The van der Waals surface area contributed by atoms with E-state index in [4.69, 9.17) is 5.10 Å². The van der Waals surface area contributed by atoms with Crippen molar-refractivity contribution in [1.82, 2.24) is 24.3 Å². The molecule has 7 nitrogen and oxygen atoms in total. The molecule has 3 aromatic heterocycles. The number of imidazole rings is 1. The lowest BCUT2D eigenvalue weighted by atomic mass is 9.86. The van der Waals surface area contributed by atoms with E-state index in [1.165, 1.54) is 38.5 Å². The molecular weight excluding hydrogens is 388 g/mol. The Labute approximate surface area is 180 Å². The van der Waals surface area contributed by atoms with Crippen LogP contribution in [-0.2, 0) is 6.54 Å². The van der Waals surface area contributed by atoms with Gasteiger partial charge in [-0.05, 0) is 48.4 Å². The molecule has 4 aromatic rings. The fourth-order valence-corrected chi connectivity index (χ4v) is 5.37. The second-order valence-corrected chi connectivity index (χ2v) is 9.06. The molecule has 0 saturated heterocycles. The number of aromatic nitrogens is 5. The lowest BCUT2D eigenvalue weighted by Gasteiger charge is -2.22. The number of nitrogens with zero attached hydrogens (tertiary/aromatic N) is 4. The van der Waals surface area contributed by atoms with Crippen LogP contribution in [0.1, 0.15) is 50.1 Å². The van der Waals surface area contributed by atoms with E-state index in [1.807, 2.05) is 35.3 Å². The van der Waals surface area contributed by atoms with Crippen molar-refractivity contribution in [1.29, 1.82) is 0 Å². The summed E-state index contributed by atoms with van der Waals surface area (Å²) in [5.74, 6) is 0.634. The molecule has 0 radical (unpaired) electrons. The summed E-state index contributed by atoms with van der Waals surface area (Å²) >= 11 is 0. The van der Waals surface area contributed by atoms with Crippen molar-refractivity contribution in [3.05, 3.63) is 71.2 Å². The van der Waals surface area contributed by atoms with E-state index >= 15 is 0 Å². The third kappa shape index (κ3) is 3.24. The molecule has 2 saturated carbocycles. The van der Waals surface area contributed by atoms with Gasteiger partial charge in [0.1, 0.15) is 5.39 Å². The number of pyridine rings is 1. The Morgan fingerprint density at radius 2 is 2.10 bits per heavy atom. The zero-order chi connectivity index (χ0) is 20.8. The first kappa shape index (κ1) is 18.4. The molecule has 6 rings (SSSR count). The number of aromatic amines is 1. The average Bonchev–Trinajstić information content (AvgIpc) is 3.11. The minimum atomic E-state index is -0.0980. The number of hydrogen-bond donors (Lipinski definition) is 2. The molecule has 31 heavy (non-hydrogen) atoms. The van der Waals surface area contributed by atoms with Crippen molar-refractivity contribution in [3.8, 4) is 0 Å². The number of rotatable bonds is 5. The number of anilines is 2. The molecule has 0 aliphatic heterocycles. The fourth-order valence-electron chi connectivity index (χ4n) is 5.37. The number of hydrogen-bond acceptors (Lipinski definition) is 4. The maximum atomic E-state index is 12.7. The van der Waals surface area contributed by atoms with Crippen LogP contribution in [0.2, 0.25) is 0 Å². The average molecular weight is 415 g/mol. The van der Waals surface area contributed by atoms with Crippen molar-refractivity contribution in [2.75, 3.05) is 5.32 Å². The molecule has 1 unspecified atom stereocenters. The number of nitrogens with one attached hydrogen (secondary N) is 2. The standard InChI is InChI=1S/C24H26N6O/c31-23-21-19(7-10-26-23)30(20-14-24(20)8-2-1-3-9-24)28-22(21)27-18-6-4-5-17(13-18)15-29-12-11-25-16-29/h4-7,10-13,16,20H,1-3,8-9,14-15H2,(H,26,31)(H,27,28). The van der Waals surface area contributed by atoms with Crippen LogP contribution in [-0.4, -0.2) is 24.3 Å². The Bertz CT molecular complexity index is 1280. The zero-order valence-corrected chi connectivity index (χ0v) is 17.4. The van der Waals surface area contributed by atoms with Gasteiger partial charge in [0.15, 0.2) is 5.82 Å².